The third-order valence-electron chi connectivity index (χ3n) is 5.46. The highest BCUT2D eigenvalue weighted by Gasteiger charge is 2.08. The first-order valence-corrected chi connectivity index (χ1v) is 11.0. The van der Waals surface area contributed by atoms with Crippen molar-refractivity contribution in [2.75, 3.05) is 5.32 Å². The molecule has 1 heterocycles. The molecule has 0 aliphatic heterocycles. The monoisotopic (exact) mass is 430 g/mol. The summed E-state index contributed by atoms with van der Waals surface area (Å²) in [6.45, 7) is 0. The van der Waals surface area contributed by atoms with Crippen molar-refractivity contribution in [3.8, 4) is 33.4 Å². The number of pyridine rings is 1. The smallest absolute Gasteiger partial charge is 0.0464 e. The van der Waals surface area contributed by atoms with Gasteiger partial charge in [0.15, 0.2) is 0 Å². The molecule has 0 saturated heterocycles. The molecule has 5 rings (SSSR count). The van der Waals surface area contributed by atoms with E-state index in [1.807, 2.05) is 30.5 Å². The summed E-state index contributed by atoms with van der Waals surface area (Å²) in [5.74, 6) is 0. The molecule has 4 aromatic carbocycles. The van der Waals surface area contributed by atoms with Crippen LogP contribution < -0.4 is 5.32 Å². The molecule has 0 bridgehead atoms. The maximum atomic E-state index is 4.68. The third kappa shape index (κ3) is 4.29. The lowest BCUT2D eigenvalue weighted by Gasteiger charge is -2.14. The van der Waals surface area contributed by atoms with Crippen LogP contribution in [0.3, 0.4) is 0 Å². The lowest BCUT2D eigenvalue weighted by Crippen LogP contribution is -1.94. The summed E-state index contributed by atoms with van der Waals surface area (Å²) in [6, 6.07) is 37.6. The fraction of sp³-hybridized carbons (Fsp3) is 0. The Kier molecular flexibility index (Phi) is 5.73. The largest absolute Gasteiger partial charge is 0.355 e. The number of aromatic nitrogens is 1. The summed E-state index contributed by atoms with van der Waals surface area (Å²) in [5, 5.41) is 3.60. The van der Waals surface area contributed by atoms with Crippen molar-refractivity contribution >= 4 is 24.0 Å². The summed E-state index contributed by atoms with van der Waals surface area (Å²) in [4.78, 5) is 5.24. The SMILES string of the molecule is Sc1ccc(-c2cccc(Nc3ccccc3-c3cccnc3)c2)cc1-c1ccccc1. The second-order valence-electron chi connectivity index (χ2n) is 7.59. The number of nitrogens with one attached hydrogen (secondary N) is 1. The summed E-state index contributed by atoms with van der Waals surface area (Å²) >= 11 is 4.68. The van der Waals surface area contributed by atoms with Gasteiger partial charge in [-0.25, -0.2) is 0 Å². The van der Waals surface area contributed by atoms with E-state index in [1.54, 1.807) is 6.20 Å². The van der Waals surface area contributed by atoms with Crippen LogP contribution >= 0.6 is 12.6 Å². The summed E-state index contributed by atoms with van der Waals surface area (Å²) in [6.07, 6.45) is 3.68. The van der Waals surface area contributed by atoms with Gasteiger partial charge in [0.05, 0.1) is 0 Å². The highest BCUT2D eigenvalue weighted by Crippen LogP contribution is 2.34. The van der Waals surface area contributed by atoms with Crippen LogP contribution in [0.2, 0.25) is 0 Å². The Morgan fingerprint density at radius 1 is 0.562 bits per heavy atom. The van der Waals surface area contributed by atoms with Crippen molar-refractivity contribution in [2.45, 2.75) is 4.90 Å². The van der Waals surface area contributed by atoms with Gasteiger partial charge in [-0.3, -0.25) is 4.98 Å². The minimum absolute atomic E-state index is 0.972. The number of rotatable bonds is 5. The number of para-hydroxylation sites is 1. The van der Waals surface area contributed by atoms with E-state index < -0.39 is 0 Å². The first kappa shape index (κ1) is 20.1. The number of hydrogen-bond acceptors (Lipinski definition) is 3. The zero-order chi connectivity index (χ0) is 21.8. The van der Waals surface area contributed by atoms with Gasteiger partial charge in [-0.2, -0.15) is 0 Å². The maximum Gasteiger partial charge on any atom is 0.0464 e. The van der Waals surface area contributed by atoms with Crippen molar-refractivity contribution in [1.82, 2.24) is 4.98 Å². The van der Waals surface area contributed by atoms with E-state index in [-0.39, 0.29) is 0 Å². The van der Waals surface area contributed by atoms with Gasteiger partial charge < -0.3 is 5.32 Å². The van der Waals surface area contributed by atoms with Gasteiger partial charge in [0.1, 0.15) is 0 Å². The van der Waals surface area contributed by atoms with Crippen molar-refractivity contribution < 1.29 is 0 Å². The van der Waals surface area contributed by atoms with Gasteiger partial charge >= 0.3 is 0 Å². The van der Waals surface area contributed by atoms with Crippen LogP contribution in [-0.2, 0) is 0 Å². The first-order chi connectivity index (χ1) is 15.8. The predicted molar refractivity (Wildman–Crippen MR) is 138 cm³/mol. The molecule has 0 saturated carbocycles. The lowest BCUT2D eigenvalue weighted by molar-refractivity contribution is 1.33. The van der Waals surface area contributed by atoms with Crippen molar-refractivity contribution in [3.05, 3.63) is 122 Å². The molecule has 0 aliphatic rings. The summed E-state index contributed by atoms with van der Waals surface area (Å²) in [7, 11) is 0. The number of nitrogens with zero attached hydrogens (tertiary/aromatic N) is 1. The van der Waals surface area contributed by atoms with Gasteiger partial charge in [-0.15, -0.1) is 12.6 Å². The average Bonchev–Trinajstić information content (AvgIpc) is 2.86. The highest BCUT2D eigenvalue weighted by atomic mass is 32.1. The minimum atomic E-state index is 0.972. The van der Waals surface area contributed by atoms with Crippen molar-refractivity contribution in [3.63, 3.8) is 0 Å². The number of anilines is 2. The molecule has 2 nitrogen and oxygen atoms in total. The standard InChI is InChI=1S/C29H22N2S/c32-29-16-15-23(19-27(29)21-8-2-1-3-9-21)22-10-6-12-25(18-22)31-28-14-5-4-13-26(28)24-11-7-17-30-20-24/h1-20,31-32H. The van der Waals surface area contributed by atoms with Gasteiger partial charge in [0.25, 0.3) is 0 Å². The molecule has 0 spiro atoms. The van der Waals surface area contributed by atoms with Crippen LogP contribution in [0.1, 0.15) is 0 Å². The molecule has 1 N–H and O–H groups in total. The molecular formula is C29H22N2S. The van der Waals surface area contributed by atoms with E-state index in [4.69, 9.17) is 0 Å². The van der Waals surface area contributed by atoms with E-state index in [0.717, 1.165) is 44.1 Å². The maximum absolute atomic E-state index is 4.68. The van der Waals surface area contributed by atoms with Crippen LogP contribution in [0.25, 0.3) is 33.4 Å². The molecule has 5 aromatic rings. The molecule has 0 fully saturated rings. The van der Waals surface area contributed by atoms with Crippen molar-refractivity contribution in [2.24, 2.45) is 0 Å². The van der Waals surface area contributed by atoms with Crippen LogP contribution in [0.4, 0.5) is 11.4 Å². The second-order valence-corrected chi connectivity index (χ2v) is 8.07. The Morgan fingerprint density at radius 2 is 1.31 bits per heavy atom. The van der Waals surface area contributed by atoms with Crippen LogP contribution in [-0.4, -0.2) is 4.98 Å². The number of hydrogen-bond donors (Lipinski definition) is 2. The van der Waals surface area contributed by atoms with E-state index in [9.17, 15) is 0 Å². The molecule has 3 heteroatoms. The Labute approximate surface area is 194 Å². The van der Waals surface area contributed by atoms with E-state index in [1.165, 1.54) is 5.56 Å². The van der Waals surface area contributed by atoms with Gasteiger partial charge in [-0.05, 0) is 58.7 Å². The van der Waals surface area contributed by atoms with Gasteiger partial charge in [0, 0.05) is 39.8 Å². The molecule has 1 aromatic heterocycles. The quantitative estimate of drug-likeness (QED) is 0.275. The highest BCUT2D eigenvalue weighted by molar-refractivity contribution is 7.80. The Hall–Kier alpha value is -3.82. The predicted octanol–water partition coefficient (Wildman–Crippen LogP) is 8.11. The molecule has 32 heavy (non-hydrogen) atoms. The van der Waals surface area contributed by atoms with Crippen molar-refractivity contribution in [1.29, 1.82) is 0 Å². The second kappa shape index (κ2) is 9.13. The fourth-order valence-corrected chi connectivity index (χ4v) is 4.13. The number of thiol groups is 1. The Balaban J connectivity index is 1.49. The fourth-order valence-electron chi connectivity index (χ4n) is 3.86. The molecular weight excluding hydrogens is 408 g/mol. The Morgan fingerprint density at radius 3 is 2.16 bits per heavy atom. The Bertz CT molecular complexity index is 1350. The molecule has 0 radical (unpaired) electrons. The van der Waals surface area contributed by atoms with E-state index >= 15 is 0 Å². The van der Waals surface area contributed by atoms with Gasteiger partial charge in [-0.1, -0.05) is 72.8 Å². The molecule has 0 aliphatic carbocycles. The van der Waals surface area contributed by atoms with Crippen LogP contribution in [0, 0.1) is 0 Å². The summed E-state index contributed by atoms with van der Waals surface area (Å²) in [5.41, 5.74) is 8.90. The van der Waals surface area contributed by atoms with E-state index in [0.29, 0.717) is 0 Å². The number of benzene rings is 4. The van der Waals surface area contributed by atoms with Gasteiger partial charge in [0.2, 0.25) is 0 Å². The molecule has 0 unspecified atom stereocenters. The third-order valence-corrected chi connectivity index (χ3v) is 5.85. The molecule has 0 amide bonds. The minimum Gasteiger partial charge on any atom is -0.355 e. The summed E-state index contributed by atoms with van der Waals surface area (Å²) < 4.78 is 0. The topological polar surface area (TPSA) is 24.9 Å². The first-order valence-electron chi connectivity index (χ1n) is 10.5. The lowest BCUT2D eigenvalue weighted by atomic mass is 9.98. The average molecular weight is 431 g/mol. The van der Waals surface area contributed by atoms with Crippen LogP contribution in [0.15, 0.2) is 126 Å². The molecule has 0 atom stereocenters. The van der Waals surface area contributed by atoms with Crippen LogP contribution in [0.5, 0.6) is 0 Å². The zero-order valence-electron chi connectivity index (χ0n) is 17.4. The normalized spacial score (nSPS) is 10.7. The zero-order valence-corrected chi connectivity index (χ0v) is 18.3. The van der Waals surface area contributed by atoms with E-state index in [2.05, 4.69) is 108 Å². The molecule has 154 valence electrons.